The molecule has 0 aromatic heterocycles. The second-order valence-electron chi connectivity index (χ2n) is 8.52. The number of benzene rings is 4. The predicted octanol–water partition coefficient (Wildman–Crippen LogP) is 6.37. The first-order chi connectivity index (χ1) is 19.0. The molecule has 8 heteroatoms. The molecular weight excluding hydrogens is 558 g/mol. The largest absolute Gasteiger partial charge is 0.490 e. The molecule has 0 saturated heterocycles. The molecule has 0 aliphatic rings. The normalized spacial score (nSPS) is 10.7. The van der Waals surface area contributed by atoms with E-state index in [1.807, 2.05) is 73.7 Å². The maximum atomic E-state index is 12.6. The van der Waals surface area contributed by atoms with Crippen LogP contribution in [0.5, 0.6) is 11.5 Å². The second kappa shape index (κ2) is 13.9. The zero-order valence-corrected chi connectivity index (χ0v) is 23.0. The smallest absolute Gasteiger partial charge is 0.271 e. The minimum Gasteiger partial charge on any atom is -0.490 e. The summed E-state index contributed by atoms with van der Waals surface area (Å²) in [5, 5.41) is 6.93. The SMILES string of the molecule is CCOc1cc(/C=N/NC(=O)c2ccc(NC(=O)Cc3ccccc3)cc2)cc(Br)c1OCc1ccccc1. The first kappa shape index (κ1) is 27.6. The Morgan fingerprint density at radius 3 is 2.21 bits per heavy atom. The molecule has 2 N–H and O–H groups in total. The van der Waals surface area contributed by atoms with Crippen LogP contribution in [0.2, 0.25) is 0 Å². The number of hydrazone groups is 1. The minimum absolute atomic E-state index is 0.128. The Labute approximate surface area is 236 Å². The molecule has 2 amide bonds. The van der Waals surface area contributed by atoms with Crippen LogP contribution < -0.4 is 20.2 Å². The summed E-state index contributed by atoms with van der Waals surface area (Å²) in [5.41, 5.74) is 6.24. The Bertz CT molecular complexity index is 1430. The Hall–Kier alpha value is -4.43. The summed E-state index contributed by atoms with van der Waals surface area (Å²) in [6.45, 7) is 2.77. The van der Waals surface area contributed by atoms with Crippen molar-refractivity contribution < 1.29 is 19.1 Å². The van der Waals surface area contributed by atoms with E-state index in [0.29, 0.717) is 46.0 Å². The molecule has 0 saturated carbocycles. The average molecular weight is 586 g/mol. The Morgan fingerprint density at radius 1 is 0.872 bits per heavy atom. The van der Waals surface area contributed by atoms with Gasteiger partial charge >= 0.3 is 0 Å². The molecule has 4 aromatic rings. The number of amides is 2. The van der Waals surface area contributed by atoms with Crippen LogP contribution in [0.25, 0.3) is 0 Å². The van der Waals surface area contributed by atoms with Crippen molar-refractivity contribution in [1.82, 2.24) is 5.43 Å². The van der Waals surface area contributed by atoms with Crippen LogP contribution in [0.4, 0.5) is 5.69 Å². The van der Waals surface area contributed by atoms with E-state index in [2.05, 4.69) is 31.8 Å². The molecule has 0 atom stereocenters. The lowest BCUT2D eigenvalue weighted by Gasteiger charge is -2.14. The molecule has 4 aromatic carbocycles. The third-order valence-corrected chi connectivity index (χ3v) is 6.16. The van der Waals surface area contributed by atoms with Crippen molar-refractivity contribution in [1.29, 1.82) is 0 Å². The van der Waals surface area contributed by atoms with Gasteiger partial charge in [0.2, 0.25) is 5.91 Å². The van der Waals surface area contributed by atoms with Crippen LogP contribution in [0.15, 0.2) is 107 Å². The molecule has 198 valence electrons. The molecule has 0 aliphatic carbocycles. The fraction of sp³-hybridized carbons (Fsp3) is 0.129. The van der Waals surface area contributed by atoms with Crippen LogP contribution in [0.1, 0.15) is 34.0 Å². The van der Waals surface area contributed by atoms with Crippen LogP contribution in [-0.4, -0.2) is 24.6 Å². The van der Waals surface area contributed by atoms with Crippen LogP contribution in [0, 0.1) is 0 Å². The van der Waals surface area contributed by atoms with Crippen molar-refractivity contribution >= 4 is 39.6 Å². The summed E-state index contributed by atoms with van der Waals surface area (Å²) in [7, 11) is 0. The molecular formula is C31H28BrN3O4. The van der Waals surface area contributed by atoms with E-state index >= 15 is 0 Å². The average Bonchev–Trinajstić information content (AvgIpc) is 2.94. The maximum absolute atomic E-state index is 12.6. The van der Waals surface area contributed by atoms with Gasteiger partial charge in [-0.25, -0.2) is 5.43 Å². The number of hydrogen-bond acceptors (Lipinski definition) is 5. The molecule has 4 rings (SSSR count). The Kier molecular flexibility index (Phi) is 9.85. The van der Waals surface area contributed by atoms with Gasteiger partial charge in [0.05, 0.1) is 23.7 Å². The number of nitrogens with zero attached hydrogens (tertiary/aromatic N) is 1. The second-order valence-corrected chi connectivity index (χ2v) is 9.38. The van der Waals surface area contributed by atoms with Crippen molar-refractivity contribution in [2.24, 2.45) is 5.10 Å². The minimum atomic E-state index is -0.375. The number of ether oxygens (including phenoxy) is 2. The number of rotatable bonds is 11. The number of nitrogens with one attached hydrogen (secondary N) is 2. The number of halogens is 1. The van der Waals surface area contributed by atoms with E-state index in [1.54, 1.807) is 30.3 Å². The zero-order valence-electron chi connectivity index (χ0n) is 21.4. The molecule has 0 radical (unpaired) electrons. The molecule has 0 fully saturated rings. The van der Waals surface area contributed by atoms with E-state index in [9.17, 15) is 9.59 Å². The van der Waals surface area contributed by atoms with E-state index in [4.69, 9.17) is 9.47 Å². The summed E-state index contributed by atoms with van der Waals surface area (Å²) in [6.07, 6.45) is 1.81. The lowest BCUT2D eigenvalue weighted by atomic mass is 10.1. The van der Waals surface area contributed by atoms with Crippen molar-refractivity contribution in [2.75, 3.05) is 11.9 Å². The van der Waals surface area contributed by atoms with Gasteiger partial charge < -0.3 is 14.8 Å². The van der Waals surface area contributed by atoms with Crippen molar-refractivity contribution in [2.45, 2.75) is 20.0 Å². The molecule has 0 aliphatic heterocycles. The van der Waals surface area contributed by atoms with E-state index in [0.717, 1.165) is 11.1 Å². The number of anilines is 1. The van der Waals surface area contributed by atoms with E-state index in [1.165, 1.54) is 6.21 Å². The predicted molar refractivity (Wildman–Crippen MR) is 156 cm³/mol. The first-order valence-electron chi connectivity index (χ1n) is 12.4. The highest BCUT2D eigenvalue weighted by Gasteiger charge is 2.13. The first-order valence-corrected chi connectivity index (χ1v) is 13.2. The molecule has 0 bridgehead atoms. The van der Waals surface area contributed by atoms with E-state index in [-0.39, 0.29) is 18.2 Å². The van der Waals surface area contributed by atoms with Gasteiger partial charge in [0.1, 0.15) is 6.61 Å². The van der Waals surface area contributed by atoms with Crippen molar-refractivity contribution in [3.05, 3.63) is 124 Å². The highest BCUT2D eigenvalue weighted by molar-refractivity contribution is 9.10. The number of hydrogen-bond donors (Lipinski definition) is 2. The summed E-state index contributed by atoms with van der Waals surface area (Å²) in [4.78, 5) is 24.8. The quantitative estimate of drug-likeness (QED) is 0.158. The third kappa shape index (κ3) is 8.28. The highest BCUT2D eigenvalue weighted by atomic mass is 79.9. The summed E-state index contributed by atoms with van der Waals surface area (Å²) in [5.74, 6) is 0.663. The molecule has 0 spiro atoms. The van der Waals surface area contributed by atoms with E-state index < -0.39 is 0 Å². The zero-order chi connectivity index (χ0) is 27.5. The van der Waals surface area contributed by atoms with Crippen molar-refractivity contribution in [3.8, 4) is 11.5 Å². The van der Waals surface area contributed by atoms with Gasteiger partial charge in [-0.05, 0) is 75.9 Å². The lowest BCUT2D eigenvalue weighted by molar-refractivity contribution is -0.115. The molecule has 7 nitrogen and oxygen atoms in total. The van der Waals surface area contributed by atoms with Gasteiger partial charge in [-0.1, -0.05) is 60.7 Å². The van der Waals surface area contributed by atoms with Gasteiger partial charge in [0.25, 0.3) is 5.91 Å². The fourth-order valence-electron chi connectivity index (χ4n) is 3.72. The van der Waals surface area contributed by atoms with Gasteiger partial charge in [-0.2, -0.15) is 5.10 Å². The van der Waals surface area contributed by atoms with Crippen molar-refractivity contribution in [3.63, 3.8) is 0 Å². The summed E-state index contributed by atoms with van der Waals surface area (Å²) < 4.78 is 12.5. The third-order valence-electron chi connectivity index (χ3n) is 5.58. The van der Waals surface area contributed by atoms with Gasteiger partial charge in [0, 0.05) is 11.3 Å². The van der Waals surface area contributed by atoms with Gasteiger partial charge in [-0.3, -0.25) is 9.59 Å². The number of carbonyl (C=O) groups is 2. The lowest BCUT2D eigenvalue weighted by Crippen LogP contribution is -2.18. The fourth-order valence-corrected chi connectivity index (χ4v) is 4.29. The maximum Gasteiger partial charge on any atom is 0.271 e. The Balaban J connectivity index is 1.34. The monoisotopic (exact) mass is 585 g/mol. The van der Waals surface area contributed by atoms with Crippen LogP contribution in [0.3, 0.4) is 0 Å². The summed E-state index contributed by atoms with van der Waals surface area (Å²) in [6, 6.07) is 29.6. The van der Waals surface area contributed by atoms with Gasteiger partial charge in [-0.15, -0.1) is 0 Å². The number of carbonyl (C=O) groups excluding carboxylic acids is 2. The standard InChI is InChI=1S/C31H28BrN3O4/c1-2-38-28-18-24(17-27(32)30(28)39-21-23-11-7-4-8-12-23)20-33-35-31(37)25-13-15-26(16-14-25)34-29(36)19-22-9-5-3-6-10-22/h3-18,20H,2,19,21H2,1H3,(H,34,36)(H,35,37)/b33-20+. The molecule has 39 heavy (non-hydrogen) atoms. The Morgan fingerprint density at radius 2 is 1.54 bits per heavy atom. The highest BCUT2D eigenvalue weighted by Crippen LogP contribution is 2.37. The molecule has 0 heterocycles. The summed E-state index contributed by atoms with van der Waals surface area (Å²) >= 11 is 3.56. The van der Waals surface area contributed by atoms with Gasteiger partial charge in [0.15, 0.2) is 11.5 Å². The topological polar surface area (TPSA) is 89.0 Å². The van der Waals surface area contributed by atoms with Crippen LogP contribution >= 0.6 is 15.9 Å². The molecule has 0 unspecified atom stereocenters. The van der Waals surface area contributed by atoms with Crippen LogP contribution in [-0.2, 0) is 17.8 Å².